The van der Waals surface area contributed by atoms with Crippen LogP contribution in [0.15, 0.2) is 65.5 Å². The third kappa shape index (κ3) is 4.33. The molecule has 0 aliphatic rings. The zero-order valence-electron chi connectivity index (χ0n) is 20.6. The number of pyridine rings is 1. The molecule has 2 N–H and O–H groups in total. The average molecular weight is 496 g/mol. The molecule has 0 atom stereocenters. The highest BCUT2D eigenvalue weighted by molar-refractivity contribution is 6.09. The first-order chi connectivity index (χ1) is 17.9. The number of rotatable bonds is 5. The van der Waals surface area contributed by atoms with Crippen LogP contribution in [-0.2, 0) is 13.6 Å². The number of fused-ring (bicyclic) bond motifs is 2. The number of aryl methyl sites for hydroxylation is 3. The summed E-state index contributed by atoms with van der Waals surface area (Å²) in [6.07, 6.45) is 0.676. The van der Waals surface area contributed by atoms with E-state index in [9.17, 15) is 14.4 Å². The summed E-state index contributed by atoms with van der Waals surface area (Å²) in [6, 6.07) is 18.0. The molecule has 37 heavy (non-hydrogen) atoms. The van der Waals surface area contributed by atoms with Gasteiger partial charge in [0.1, 0.15) is 0 Å². The Balaban J connectivity index is 1.50. The lowest BCUT2D eigenvalue weighted by molar-refractivity contribution is 0.0844. The Bertz CT molecular complexity index is 1720. The summed E-state index contributed by atoms with van der Waals surface area (Å²) in [5.74, 6) is -1.16. The maximum atomic E-state index is 13.4. The third-order valence-corrected chi connectivity index (χ3v) is 6.09. The molecular formula is C27H25N7O3. The minimum Gasteiger partial charge on any atom is -0.267 e. The highest BCUT2D eigenvalue weighted by Gasteiger charge is 2.21. The zero-order valence-corrected chi connectivity index (χ0v) is 20.6. The second-order valence-electron chi connectivity index (χ2n) is 8.66. The van der Waals surface area contributed by atoms with Crippen molar-refractivity contribution in [1.29, 1.82) is 0 Å². The van der Waals surface area contributed by atoms with Crippen LogP contribution >= 0.6 is 0 Å². The Morgan fingerprint density at radius 3 is 2.32 bits per heavy atom. The number of aromatic nitrogens is 5. The smallest absolute Gasteiger partial charge is 0.267 e. The fraction of sp³-hybridized carbons (Fsp3) is 0.185. The van der Waals surface area contributed by atoms with E-state index in [1.165, 1.54) is 4.68 Å². The van der Waals surface area contributed by atoms with Gasteiger partial charge < -0.3 is 0 Å². The molecule has 3 heterocycles. The first-order valence-electron chi connectivity index (χ1n) is 11.9. The van der Waals surface area contributed by atoms with E-state index in [0.717, 1.165) is 5.56 Å². The molecule has 10 heteroatoms. The first kappa shape index (κ1) is 23.9. The molecule has 0 spiro atoms. The molecule has 0 aliphatic heterocycles. The van der Waals surface area contributed by atoms with Crippen LogP contribution < -0.4 is 16.4 Å². The number of carbonyl (C=O) groups excluding carboxylic acids is 2. The van der Waals surface area contributed by atoms with Crippen LogP contribution in [0.25, 0.3) is 33.1 Å². The van der Waals surface area contributed by atoms with E-state index < -0.39 is 11.8 Å². The number of amides is 2. The summed E-state index contributed by atoms with van der Waals surface area (Å²) >= 11 is 0. The maximum absolute atomic E-state index is 13.4. The highest BCUT2D eigenvalue weighted by atomic mass is 16.2. The Hall–Kier alpha value is -4.86. The SMILES string of the molecule is CCCn1nc(C(=O)NNC(=O)c2cc(-c3ccccc3)nc3c2c(C)nn3C)c2ccccc2c1=O. The van der Waals surface area contributed by atoms with E-state index in [0.29, 0.717) is 51.7 Å². The molecule has 5 aromatic rings. The molecule has 0 unspecified atom stereocenters. The molecule has 10 nitrogen and oxygen atoms in total. The van der Waals surface area contributed by atoms with Gasteiger partial charge in [0.2, 0.25) is 0 Å². The number of hydrogen-bond acceptors (Lipinski definition) is 6. The van der Waals surface area contributed by atoms with Crippen molar-refractivity contribution in [3.8, 4) is 11.3 Å². The van der Waals surface area contributed by atoms with Crippen molar-refractivity contribution in [2.24, 2.45) is 7.05 Å². The third-order valence-electron chi connectivity index (χ3n) is 6.09. The van der Waals surface area contributed by atoms with E-state index in [1.807, 2.05) is 37.3 Å². The fourth-order valence-electron chi connectivity index (χ4n) is 4.39. The zero-order chi connectivity index (χ0) is 26.1. The highest BCUT2D eigenvalue weighted by Crippen LogP contribution is 2.26. The van der Waals surface area contributed by atoms with Crippen molar-refractivity contribution in [3.63, 3.8) is 0 Å². The van der Waals surface area contributed by atoms with Crippen molar-refractivity contribution in [2.75, 3.05) is 0 Å². The largest absolute Gasteiger partial charge is 0.290 e. The summed E-state index contributed by atoms with van der Waals surface area (Å²) in [6.45, 7) is 4.09. The van der Waals surface area contributed by atoms with Gasteiger partial charge in [-0.3, -0.25) is 29.9 Å². The molecule has 2 amide bonds. The lowest BCUT2D eigenvalue weighted by Crippen LogP contribution is -2.43. The first-order valence-corrected chi connectivity index (χ1v) is 11.9. The van der Waals surface area contributed by atoms with E-state index in [1.54, 1.807) is 49.0 Å². The molecule has 186 valence electrons. The van der Waals surface area contributed by atoms with Gasteiger partial charge in [-0.2, -0.15) is 10.2 Å². The van der Waals surface area contributed by atoms with E-state index in [-0.39, 0.29) is 11.3 Å². The Labute approximate surface area is 211 Å². The molecule has 2 aromatic carbocycles. The Kier molecular flexibility index (Phi) is 6.22. The van der Waals surface area contributed by atoms with Crippen molar-refractivity contribution in [3.05, 3.63) is 88.0 Å². The predicted molar refractivity (Wildman–Crippen MR) is 140 cm³/mol. The van der Waals surface area contributed by atoms with Gasteiger partial charge in [-0.05, 0) is 25.5 Å². The van der Waals surface area contributed by atoms with Crippen LogP contribution in [0.2, 0.25) is 0 Å². The molecule has 0 bridgehead atoms. The normalized spacial score (nSPS) is 11.1. The minimum atomic E-state index is -0.633. The molecule has 0 saturated carbocycles. The fourth-order valence-corrected chi connectivity index (χ4v) is 4.39. The van der Waals surface area contributed by atoms with Gasteiger partial charge in [0.15, 0.2) is 11.3 Å². The van der Waals surface area contributed by atoms with Gasteiger partial charge in [0.25, 0.3) is 17.4 Å². The lowest BCUT2D eigenvalue weighted by atomic mass is 10.1. The van der Waals surface area contributed by atoms with Crippen molar-refractivity contribution >= 4 is 33.6 Å². The van der Waals surface area contributed by atoms with Gasteiger partial charge >= 0.3 is 0 Å². The molecule has 0 aliphatic carbocycles. The minimum absolute atomic E-state index is 0.0476. The van der Waals surface area contributed by atoms with Crippen LogP contribution in [-0.4, -0.2) is 36.4 Å². The summed E-state index contributed by atoms with van der Waals surface area (Å²) in [4.78, 5) is 44.0. The predicted octanol–water partition coefficient (Wildman–Crippen LogP) is 3.14. The van der Waals surface area contributed by atoms with Crippen molar-refractivity contribution in [1.82, 2.24) is 35.4 Å². The number of carbonyl (C=O) groups is 2. The second kappa shape index (κ2) is 9.65. The van der Waals surface area contributed by atoms with Gasteiger partial charge in [-0.25, -0.2) is 9.67 Å². The molecule has 5 rings (SSSR count). The maximum Gasteiger partial charge on any atom is 0.290 e. The summed E-state index contributed by atoms with van der Waals surface area (Å²) in [5.41, 5.74) is 7.71. The van der Waals surface area contributed by atoms with Crippen LogP contribution in [0, 0.1) is 6.92 Å². The van der Waals surface area contributed by atoms with Crippen molar-refractivity contribution < 1.29 is 9.59 Å². The number of benzene rings is 2. The second-order valence-corrected chi connectivity index (χ2v) is 8.66. The summed E-state index contributed by atoms with van der Waals surface area (Å²) in [7, 11) is 1.77. The van der Waals surface area contributed by atoms with E-state index in [4.69, 9.17) is 4.98 Å². The summed E-state index contributed by atoms with van der Waals surface area (Å²) in [5, 5.41) is 10.1. The van der Waals surface area contributed by atoms with Crippen LogP contribution in [0.3, 0.4) is 0 Å². The van der Waals surface area contributed by atoms with Crippen LogP contribution in [0.4, 0.5) is 0 Å². The van der Waals surface area contributed by atoms with E-state index >= 15 is 0 Å². The van der Waals surface area contributed by atoms with Gasteiger partial charge in [-0.1, -0.05) is 55.5 Å². The number of nitrogens with zero attached hydrogens (tertiary/aromatic N) is 5. The topological polar surface area (TPSA) is 124 Å². The molecule has 0 saturated heterocycles. The standard InChI is InChI=1S/C27H25N7O3/c1-4-14-34-27(37)19-13-9-8-12-18(19)23(32-34)26(36)30-29-25(35)20-15-21(17-10-6-5-7-11-17)28-24-22(20)16(2)31-33(24)3/h5-13,15H,4,14H2,1-3H3,(H,29,35)(H,30,36). The van der Waals surface area contributed by atoms with Crippen LogP contribution in [0.5, 0.6) is 0 Å². The van der Waals surface area contributed by atoms with Crippen molar-refractivity contribution in [2.45, 2.75) is 26.8 Å². The monoisotopic (exact) mass is 495 g/mol. The molecule has 0 radical (unpaired) electrons. The number of hydrazine groups is 1. The Morgan fingerprint density at radius 2 is 1.59 bits per heavy atom. The quantitative estimate of drug-likeness (QED) is 0.361. The molecule has 0 fully saturated rings. The average Bonchev–Trinajstić information content (AvgIpc) is 3.21. The number of nitrogens with one attached hydrogen (secondary N) is 2. The summed E-state index contributed by atoms with van der Waals surface area (Å²) < 4.78 is 2.90. The van der Waals surface area contributed by atoms with Crippen LogP contribution in [0.1, 0.15) is 39.9 Å². The van der Waals surface area contributed by atoms with Gasteiger partial charge in [0.05, 0.1) is 27.7 Å². The molecular weight excluding hydrogens is 470 g/mol. The Morgan fingerprint density at radius 1 is 0.919 bits per heavy atom. The lowest BCUT2D eigenvalue weighted by Gasteiger charge is -2.12. The van der Waals surface area contributed by atoms with E-state index in [2.05, 4.69) is 21.0 Å². The number of hydrogen-bond donors (Lipinski definition) is 2. The molecule has 3 aromatic heterocycles. The van der Waals surface area contributed by atoms with Gasteiger partial charge in [-0.15, -0.1) is 0 Å². The van der Waals surface area contributed by atoms with Gasteiger partial charge in [0, 0.05) is 24.5 Å².